The van der Waals surface area contributed by atoms with Gasteiger partial charge in [-0.05, 0) is 18.3 Å². The van der Waals surface area contributed by atoms with Gasteiger partial charge in [0.1, 0.15) is 5.78 Å². The fourth-order valence-electron chi connectivity index (χ4n) is 2.04. The van der Waals surface area contributed by atoms with Crippen molar-refractivity contribution in [2.45, 2.75) is 66.2 Å². The summed E-state index contributed by atoms with van der Waals surface area (Å²) in [4.78, 5) is 22.0. The number of rotatable bonds is 10. The van der Waals surface area contributed by atoms with Gasteiger partial charge in [0.25, 0.3) is 0 Å². The van der Waals surface area contributed by atoms with Crippen LogP contribution in [0.3, 0.4) is 0 Å². The summed E-state index contributed by atoms with van der Waals surface area (Å²) < 4.78 is 0. The van der Waals surface area contributed by atoms with Crippen LogP contribution < -0.4 is 0 Å². The molecule has 0 saturated heterocycles. The lowest BCUT2D eigenvalue weighted by Gasteiger charge is -2.13. The molecule has 0 aliphatic carbocycles. The number of Topliss-reactive ketones (excluding diaryl/α,β-unsaturated/α-hetero) is 1. The smallest absolute Gasteiger partial charge is 0.303 e. The summed E-state index contributed by atoms with van der Waals surface area (Å²) in [5.74, 6) is 0.601. The van der Waals surface area contributed by atoms with Crippen molar-refractivity contribution in [2.75, 3.05) is 0 Å². The third-order valence-electron chi connectivity index (χ3n) is 3.44. The van der Waals surface area contributed by atoms with Crippen LogP contribution in [0.4, 0.5) is 0 Å². The van der Waals surface area contributed by atoms with E-state index in [0.717, 1.165) is 25.7 Å². The average Bonchev–Trinajstić information content (AvgIpc) is 2.24. The van der Waals surface area contributed by atoms with E-state index in [0.29, 0.717) is 18.1 Å². The minimum absolute atomic E-state index is 0.146. The van der Waals surface area contributed by atoms with Gasteiger partial charge in [0.15, 0.2) is 0 Å². The Hall–Kier alpha value is -0.860. The average molecular weight is 256 g/mol. The number of carboxylic acids is 1. The Morgan fingerprint density at radius 1 is 0.944 bits per heavy atom. The highest BCUT2D eigenvalue weighted by molar-refractivity contribution is 5.80. The van der Waals surface area contributed by atoms with Gasteiger partial charge in [-0.15, -0.1) is 0 Å². The molecular formula is C15H28O3. The molecule has 106 valence electrons. The second-order valence-electron chi connectivity index (χ2n) is 5.90. The van der Waals surface area contributed by atoms with Crippen LogP contribution >= 0.6 is 0 Å². The van der Waals surface area contributed by atoms with Crippen molar-refractivity contribution >= 4 is 11.8 Å². The van der Waals surface area contributed by atoms with Gasteiger partial charge in [0.2, 0.25) is 0 Å². The first-order valence-corrected chi connectivity index (χ1v) is 7.07. The topological polar surface area (TPSA) is 54.4 Å². The van der Waals surface area contributed by atoms with Crippen LogP contribution in [0.2, 0.25) is 0 Å². The first-order valence-electron chi connectivity index (χ1n) is 7.07. The van der Waals surface area contributed by atoms with Gasteiger partial charge in [-0.1, -0.05) is 47.0 Å². The van der Waals surface area contributed by atoms with E-state index in [1.807, 2.05) is 20.8 Å². The zero-order valence-electron chi connectivity index (χ0n) is 12.2. The molecule has 0 saturated carbocycles. The molecule has 0 radical (unpaired) electrons. The van der Waals surface area contributed by atoms with Crippen molar-refractivity contribution in [3.63, 3.8) is 0 Å². The Kier molecular flexibility index (Phi) is 8.69. The summed E-state index contributed by atoms with van der Waals surface area (Å²) in [5, 5.41) is 8.65. The highest BCUT2D eigenvalue weighted by atomic mass is 16.4. The van der Waals surface area contributed by atoms with E-state index >= 15 is 0 Å². The lowest BCUT2D eigenvalue weighted by Crippen LogP contribution is -2.09. The molecule has 0 fully saturated rings. The predicted octanol–water partition coefficient (Wildman–Crippen LogP) is 3.91. The molecule has 0 aromatic heterocycles. The van der Waals surface area contributed by atoms with Gasteiger partial charge in [-0.2, -0.15) is 0 Å². The normalized spacial score (nSPS) is 14.5. The van der Waals surface area contributed by atoms with Gasteiger partial charge >= 0.3 is 5.97 Å². The largest absolute Gasteiger partial charge is 0.481 e. The van der Waals surface area contributed by atoms with Gasteiger partial charge in [0.05, 0.1) is 0 Å². The minimum Gasteiger partial charge on any atom is -0.481 e. The highest BCUT2D eigenvalue weighted by Crippen LogP contribution is 2.19. The van der Waals surface area contributed by atoms with Crippen LogP contribution in [0.1, 0.15) is 66.2 Å². The molecule has 18 heavy (non-hydrogen) atoms. The van der Waals surface area contributed by atoms with Crippen LogP contribution in [-0.4, -0.2) is 16.9 Å². The van der Waals surface area contributed by atoms with Gasteiger partial charge in [-0.3, -0.25) is 9.59 Å². The number of hydrogen-bond donors (Lipinski definition) is 1. The third-order valence-corrected chi connectivity index (χ3v) is 3.44. The fraction of sp³-hybridized carbons (Fsp3) is 0.867. The first kappa shape index (κ1) is 17.1. The number of carbonyl (C=O) groups is 2. The van der Waals surface area contributed by atoms with E-state index in [1.165, 1.54) is 0 Å². The van der Waals surface area contributed by atoms with Gasteiger partial charge in [-0.25, -0.2) is 0 Å². The number of ketones is 1. The maximum atomic E-state index is 11.5. The summed E-state index contributed by atoms with van der Waals surface area (Å²) in [6.07, 6.45) is 5.03. The summed E-state index contributed by atoms with van der Waals surface area (Å²) in [6.45, 7) is 8.05. The number of carboxylic acid groups (broad SMARTS) is 1. The molecule has 2 atom stereocenters. The molecule has 0 rings (SSSR count). The summed E-state index contributed by atoms with van der Waals surface area (Å²) in [6, 6.07) is 0. The van der Waals surface area contributed by atoms with Crippen molar-refractivity contribution < 1.29 is 14.7 Å². The van der Waals surface area contributed by atoms with Crippen LogP contribution in [0.15, 0.2) is 0 Å². The van der Waals surface area contributed by atoms with Crippen LogP contribution in [0.5, 0.6) is 0 Å². The highest BCUT2D eigenvalue weighted by Gasteiger charge is 2.11. The quantitative estimate of drug-likeness (QED) is 0.644. The van der Waals surface area contributed by atoms with Crippen molar-refractivity contribution in [1.29, 1.82) is 0 Å². The summed E-state index contributed by atoms with van der Waals surface area (Å²) >= 11 is 0. The summed E-state index contributed by atoms with van der Waals surface area (Å²) in [7, 11) is 0. The lowest BCUT2D eigenvalue weighted by molar-refractivity contribution is -0.138. The second kappa shape index (κ2) is 9.12. The molecule has 3 nitrogen and oxygen atoms in total. The predicted molar refractivity (Wildman–Crippen MR) is 73.5 cm³/mol. The molecule has 0 aromatic rings. The molecular weight excluding hydrogens is 228 g/mol. The maximum absolute atomic E-state index is 11.5. The van der Waals surface area contributed by atoms with Gasteiger partial charge < -0.3 is 5.11 Å². The van der Waals surface area contributed by atoms with Crippen LogP contribution in [0, 0.1) is 17.8 Å². The SMILES string of the molecule is CC(CCCC(C)CC(=O)O)CCC(=O)C(C)C. The Labute approximate surface area is 111 Å². The van der Waals surface area contributed by atoms with E-state index < -0.39 is 5.97 Å². The van der Waals surface area contributed by atoms with E-state index in [9.17, 15) is 9.59 Å². The molecule has 1 N–H and O–H groups in total. The molecule has 0 bridgehead atoms. The monoisotopic (exact) mass is 256 g/mol. The fourth-order valence-corrected chi connectivity index (χ4v) is 2.04. The Morgan fingerprint density at radius 3 is 2.00 bits per heavy atom. The molecule has 0 aromatic carbocycles. The molecule has 0 amide bonds. The third kappa shape index (κ3) is 9.20. The van der Waals surface area contributed by atoms with E-state index in [2.05, 4.69) is 6.92 Å². The van der Waals surface area contributed by atoms with Crippen molar-refractivity contribution in [3.8, 4) is 0 Å². The zero-order chi connectivity index (χ0) is 14.1. The van der Waals surface area contributed by atoms with E-state index in [4.69, 9.17) is 5.11 Å². The van der Waals surface area contributed by atoms with E-state index in [1.54, 1.807) is 0 Å². The molecule has 0 aliphatic heterocycles. The number of hydrogen-bond acceptors (Lipinski definition) is 2. The first-order chi connectivity index (χ1) is 8.32. The molecule has 2 unspecified atom stereocenters. The number of carbonyl (C=O) groups excluding carboxylic acids is 1. The Balaban J connectivity index is 3.62. The minimum atomic E-state index is -0.710. The molecule has 3 heteroatoms. The molecule has 0 aliphatic rings. The van der Waals surface area contributed by atoms with Gasteiger partial charge in [0, 0.05) is 18.8 Å². The second-order valence-corrected chi connectivity index (χ2v) is 5.90. The van der Waals surface area contributed by atoms with Crippen molar-refractivity contribution in [1.82, 2.24) is 0 Å². The number of aliphatic carboxylic acids is 1. The Bertz CT molecular complexity index is 258. The Morgan fingerprint density at radius 2 is 1.50 bits per heavy atom. The lowest BCUT2D eigenvalue weighted by atomic mass is 9.92. The molecule has 0 spiro atoms. The van der Waals surface area contributed by atoms with Crippen molar-refractivity contribution in [2.24, 2.45) is 17.8 Å². The molecule has 0 heterocycles. The summed E-state index contributed by atoms with van der Waals surface area (Å²) in [5.41, 5.74) is 0. The maximum Gasteiger partial charge on any atom is 0.303 e. The van der Waals surface area contributed by atoms with Crippen molar-refractivity contribution in [3.05, 3.63) is 0 Å². The standard InChI is InChI=1S/C15H28O3/c1-11(2)14(16)9-8-12(3)6-5-7-13(4)10-15(17)18/h11-13H,5-10H2,1-4H3,(H,17,18). The van der Waals surface area contributed by atoms with E-state index in [-0.39, 0.29) is 18.3 Å². The zero-order valence-corrected chi connectivity index (χ0v) is 12.2. The van der Waals surface area contributed by atoms with Crippen LogP contribution in [0.25, 0.3) is 0 Å². The van der Waals surface area contributed by atoms with Crippen LogP contribution in [-0.2, 0) is 9.59 Å².